The molecule has 0 radical (unpaired) electrons. The molecule has 0 saturated carbocycles. The number of nitro groups is 1. The van der Waals surface area contributed by atoms with Crippen LogP contribution in [0.4, 0.5) is 21.5 Å². The van der Waals surface area contributed by atoms with Gasteiger partial charge in [0, 0.05) is 17.8 Å². The van der Waals surface area contributed by atoms with Gasteiger partial charge in [-0.05, 0) is 24.6 Å². The van der Waals surface area contributed by atoms with Crippen molar-refractivity contribution >= 4 is 33.0 Å². The minimum absolute atomic E-state index is 0.0577. The highest BCUT2D eigenvalue weighted by molar-refractivity contribution is 7.92. The van der Waals surface area contributed by atoms with Crippen LogP contribution in [0.3, 0.4) is 0 Å². The van der Waals surface area contributed by atoms with Crippen molar-refractivity contribution in [3.63, 3.8) is 0 Å². The lowest BCUT2D eigenvalue weighted by Gasteiger charge is -2.30. The maximum absolute atomic E-state index is 14.2. The highest BCUT2D eigenvalue weighted by Crippen LogP contribution is 2.26. The van der Waals surface area contributed by atoms with Crippen LogP contribution in [-0.2, 0) is 14.8 Å². The number of nitrogens with zero attached hydrogens (tertiary/aromatic N) is 2. The van der Waals surface area contributed by atoms with E-state index in [9.17, 15) is 27.7 Å². The van der Waals surface area contributed by atoms with E-state index >= 15 is 0 Å². The van der Waals surface area contributed by atoms with Crippen LogP contribution in [0.5, 0.6) is 0 Å². The predicted molar refractivity (Wildman–Crippen MR) is 99.5 cm³/mol. The van der Waals surface area contributed by atoms with Crippen molar-refractivity contribution in [1.82, 2.24) is 0 Å². The summed E-state index contributed by atoms with van der Waals surface area (Å²) in [5.74, 6) is -1.52. The maximum atomic E-state index is 14.2. The summed E-state index contributed by atoms with van der Waals surface area (Å²) >= 11 is 0. The number of para-hydroxylation sites is 1. The molecular weight excluding hydrogens is 377 g/mol. The summed E-state index contributed by atoms with van der Waals surface area (Å²) in [7, 11) is -3.99. The Morgan fingerprint density at radius 3 is 2.48 bits per heavy atom. The lowest BCUT2D eigenvalue weighted by atomic mass is 10.1. The summed E-state index contributed by atoms with van der Waals surface area (Å²) in [5.41, 5.74) is -0.342. The Bertz CT molecular complexity index is 965. The third kappa shape index (κ3) is 4.79. The fourth-order valence-electron chi connectivity index (χ4n) is 2.59. The molecule has 8 nitrogen and oxygen atoms in total. The van der Waals surface area contributed by atoms with Crippen LogP contribution in [0, 0.1) is 15.9 Å². The normalized spacial score (nSPS) is 12.3. The van der Waals surface area contributed by atoms with E-state index in [4.69, 9.17) is 0 Å². The van der Waals surface area contributed by atoms with Gasteiger partial charge >= 0.3 is 0 Å². The van der Waals surface area contributed by atoms with Gasteiger partial charge in [-0.1, -0.05) is 25.1 Å². The van der Waals surface area contributed by atoms with Gasteiger partial charge in [0.15, 0.2) is 0 Å². The van der Waals surface area contributed by atoms with Crippen molar-refractivity contribution in [3.05, 3.63) is 64.5 Å². The second kappa shape index (κ2) is 8.12. The molecule has 0 aliphatic carbocycles. The number of sulfonamides is 1. The lowest BCUT2D eigenvalue weighted by molar-refractivity contribution is -0.384. The third-order valence-corrected chi connectivity index (χ3v) is 4.91. The maximum Gasteiger partial charge on any atom is 0.271 e. The van der Waals surface area contributed by atoms with Crippen molar-refractivity contribution in [2.45, 2.75) is 19.4 Å². The Balaban J connectivity index is 2.40. The predicted octanol–water partition coefficient (Wildman–Crippen LogP) is 2.92. The number of anilines is 2. The van der Waals surface area contributed by atoms with Crippen LogP contribution in [-0.4, -0.2) is 31.5 Å². The molecule has 0 spiro atoms. The van der Waals surface area contributed by atoms with Crippen LogP contribution < -0.4 is 9.62 Å². The Morgan fingerprint density at radius 1 is 1.26 bits per heavy atom. The van der Waals surface area contributed by atoms with Crippen molar-refractivity contribution in [2.75, 3.05) is 15.9 Å². The Morgan fingerprint density at radius 2 is 1.93 bits per heavy atom. The quantitative estimate of drug-likeness (QED) is 0.573. The molecule has 2 aromatic rings. The summed E-state index contributed by atoms with van der Waals surface area (Å²) in [5, 5.41) is 13.3. The molecule has 0 fully saturated rings. The number of carbonyl (C=O) groups is 1. The van der Waals surface area contributed by atoms with Crippen LogP contribution in [0.2, 0.25) is 0 Å². The second-order valence-corrected chi connectivity index (χ2v) is 7.59. The third-order valence-electron chi connectivity index (χ3n) is 3.74. The van der Waals surface area contributed by atoms with Crippen LogP contribution in [0.1, 0.15) is 13.3 Å². The number of hydrogen-bond donors (Lipinski definition) is 1. The number of amides is 1. The molecule has 2 rings (SSSR count). The van der Waals surface area contributed by atoms with Gasteiger partial charge < -0.3 is 5.32 Å². The van der Waals surface area contributed by atoms with Crippen molar-refractivity contribution in [3.8, 4) is 0 Å². The summed E-state index contributed by atoms with van der Waals surface area (Å²) in [6, 6.07) is 9.22. The largest absolute Gasteiger partial charge is 0.324 e. The first-order valence-electron chi connectivity index (χ1n) is 7.94. The zero-order valence-electron chi connectivity index (χ0n) is 14.6. The number of nitro benzene ring substituents is 1. The number of halogens is 1. The number of rotatable bonds is 7. The van der Waals surface area contributed by atoms with Crippen molar-refractivity contribution in [1.29, 1.82) is 0 Å². The van der Waals surface area contributed by atoms with Gasteiger partial charge in [0.05, 0.1) is 16.9 Å². The Kier molecular flexibility index (Phi) is 6.11. The van der Waals surface area contributed by atoms with Gasteiger partial charge in [0.25, 0.3) is 5.69 Å². The summed E-state index contributed by atoms with van der Waals surface area (Å²) in [6.45, 7) is 1.58. The first kappa shape index (κ1) is 20.3. The minimum Gasteiger partial charge on any atom is -0.324 e. The van der Waals surface area contributed by atoms with Gasteiger partial charge in [0.1, 0.15) is 11.9 Å². The molecular formula is C17H18FN3O5S. The minimum atomic E-state index is -3.99. The van der Waals surface area contributed by atoms with Gasteiger partial charge in [-0.3, -0.25) is 19.2 Å². The van der Waals surface area contributed by atoms with Gasteiger partial charge in [-0.15, -0.1) is 0 Å². The van der Waals surface area contributed by atoms with E-state index in [1.165, 1.54) is 36.4 Å². The molecule has 0 aromatic heterocycles. The van der Waals surface area contributed by atoms with E-state index in [0.717, 1.165) is 22.7 Å². The van der Waals surface area contributed by atoms with E-state index in [0.29, 0.717) is 0 Å². The molecule has 1 N–H and O–H groups in total. The van der Waals surface area contributed by atoms with Crippen molar-refractivity contribution in [2.24, 2.45) is 0 Å². The molecule has 0 bridgehead atoms. The van der Waals surface area contributed by atoms with Crippen LogP contribution in [0.25, 0.3) is 0 Å². The molecule has 10 heteroatoms. The average Bonchev–Trinajstić information content (AvgIpc) is 2.59. The highest BCUT2D eigenvalue weighted by Gasteiger charge is 2.33. The highest BCUT2D eigenvalue weighted by atomic mass is 32.2. The van der Waals surface area contributed by atoms with E-state index in [1.807, 2.05) is 0 Å². The zero-order chi connectivity index (χ0) is 20.2. The molecule has 1 amide bonds. The number of carbonyl (C=O) groups excluding carboxylic acids is 1. The van der Waals surface area contributed by atoms with Gasteiger partial charge in [-0.25, -0.2) is 12.8 Å². The SMILES string of the molecule is CC[C@@H](C(=O)Nc1cccc([N+](=O)[O-])c1)N(c1ccccc1F)S(C)(=O)=O. The van der Waals surface area contributed by atoms with E-state index in [-0.39, 0.29) is 23.5 Å². The molecule has 144 valence electrons. The molecule has 0 aliphatic heterocycles. The van der Waals surface area contributed by atoms with E-state index in [1.54, 1.807) is 6.92 Å². The van der Waals surface area contributed by atoms with Gasteiger partial charge in [-0.2, -0.15) is 0 Å². The fraction of sp³-hybridized carbons (Fsp3) is 0.235. The summed E-state index contributed by atoms with van der Waals surface area (Å²) < 4.78 is 39.5. The molecule has 0 aliphatic rings. The smallest absolute Gasteiger partial charge is 0.271 e. The number of benzene rings is 2. The number of hydrogen-bond acceptors (Lipinski definition) is 5. The van der Waals surface area contributed by atoms with E-state index < -0.39 is 32.7 Å². The molecule has 0 unspecified atom stereocenters. The summed E-state index contributed by atoms with van der Waals surface area (Å²) in [6.07, 6.45) is 0.935. The monoisotopic (exact) mass is 395 g/mol. The summed E-state index contributed by atoms with van der Waals surface area (Å²) in [4.78, 5) is 22.9. The Hall–Kier alpha value is -3.01. The Labute approximate surface area is 155 Å². The number of nitrogens with one attached hydrogen (secondary N) is 1. The zero-order valence-corrected chi connectivity index (χ0v) is 15.4. The standard InChI is InChI=1S/C17H18FN3O5S/c1-3-15(17(22)19-12-7-6-8-13(11-12)21(23)24)20(27(2,25)26)16-10-5-4-9-14(16)18/h4-11,15H,3H2,1-2H3,(H,19,22)/t15-/m0/s1. The van der Waals surface area contributed by atoms with Crippen LogP contribution in [0.15, 0.2) is 48.5 Å². The molecule has 0 heterocycles. The fourth-order valence-corrected chi connectivity index (χ4v) is 3.80. The second-order valence-electron chi connectivity index (χ2n) is 5.73. The average molecular weight is 395 g/mol. The topological polar surface area (TPSA) is 110 Å². The molecule has 0 saturated heterocycles. The molecule has 2 aromatic carbocycles. The first-order chi connectivity index (χ1) is 12.6. The van der Waals surface area contributed by atoms with Gasteiger partial charge in [0.2, 0.25) is 15.9 Å². The first-order valence-corrected chi connectivity index (χ1v) is 9.79. The molecule has 1 atom stereocenters. The lowest BCUT2D eigenvalue weighted by Crippen LogP contribution is -2.47. The van der Waals surface area contributed by atoms with Crippen LogP contribution >= 0.6 is 0 Å². The van der Waals surface area contributed by atoms with E-state index in [2.05, 4.69) is 5.32 Å². The number of non-ortho nitro benzene ring substituents is 1. The molecule has 27 heavy (non-hydrogen) atoms. The van der Waals surface area contributed by atoms with Crippen molar-refractivity contribution < 1.29 is 22.5 Å².